The van der Waals surface area contributed by atoms with E-state index in [9.17, 15) is 10.1 Å². The minimum Gasteiger partial charge on any atom is -0.366 e. The first-order valence-electron chi connectivity index (χ1n) is 7.01. The molecule has 0 atom stereocenters. The molecule has 2 aromatic rings. The fraction of sp³-hybridized carbons (Fsp3) is 0.429. The van der Waals surface area contributed by atoms with Gasteiger partial charge in [-0.25, -0.2) is 4.68 Å². The Morgan fingerprint density at radius 2 is 2.10 bits per heavy atom. The SMILES string of the molecule is Cc1ccc(N2CCC(n3ccnn3)CC2)c([N+](=O)[O-])c1. The van der Waals surface area contributed by atoms with Crippen LogP contribution in [0.3, 0.4) is 0 Å². The van der Waals surface area contributed by atoms with Gasteiger partial charge in [-0.3, -0.25) is 10.1 Å². The lowest BCUT2D eigenvalue weighted by molar-refractivity contribution is -0.384. The molecular formula is C14H17N5O2. The van der Waals surface area contributed by atoms with Crippen molar-refractivity contribution in [3.8, 4) is 0 Å². The summed E-state index contributed by atoms with van der Waals surface area (Å²) in [6.45, 7) is 3.44. The average Bonchev–Trinajstić information content (AvgIpc) is 3.01. The highest BCUT2D eigenvalue weighted by atomic mass is 16.6. The Labute approximate surface area is 122 Å². The van der Waals surface area contributed by atoms with Gasteiger partial charge in [-0.2, -0.15) is 0 Å². The van der Waals surface area contributed by atoms with Gasteiger partial charge in [-0.15, -0.1) is 5.10 Å². The predicted molar refractivity (Wildman–Crippen MR) is 78.3 cm³/mol. The predicted octanol–water partition coefficient (Wildman–Crippen LogP) is 2.34. The van der Waals surface area contributed by atoms with Crippen molar-refractivity contribution in [2.45, 2.75) is 25.8 Å². The van der Waals surface area contributed by atoms with E-state index < -0.39 is 0 Å². The second-order valence-electron chi connectivity index (χ2n) is 5.35. The van der Waals surface area contributed by atoms with Gasteiger partial charge in [0.15, 0.2) is 0 Å². The maximum absolute atomic E-state index is 11.2. The normalized spacial score (nSPS) is 16.1. The maximum atomic E-state index is 11.2. The van der Waals surface area contributed by atoms with Crippen LogP contribution in [0.2, 0.25) is 0 Å². The van der Waals surface area contributed by atoms with Gasteiger partial charge in [0.2, 0.25) is 0 Å². The largest absolute Gasteiger partial charge is 0.366 e. The number of benzene rings is 1. The van der Waals surface area contributed by atoms with Crippen molar-refractivity contribution in [3.63, 3.8) is 0 Å². The van der Waals surface area contributed by atoms with Crippen LogP contribution in [0.15, 0.2) is 30.6 Å². The Kier molecular flexibility index (Phi) is 3.55. The summed E-state index contributed by atoms with van der Waals surface area (Å²) in [7, 11) is 0. The molecule has 1 aliphatic heterocycles. The van der Waals surface area contributed by atoms with Crippen LogP contribution in [-0.4, -0.2) is 33.0 Å². The van der Waals surface area contributed by atoms with E-state index >= 15 is 0 Å². The van der Waals surface area contributed by atoms with E-state index in [1.54, 1.807) is 12.3 Å². The molecule has 3 rings (SSSR count). The highest BCUT2D eigenvalue weighted by molar-refractivity contribution is 5.64. The van der Waals surface area contributed by atoms with Gasteiger partial charge in [0.25, 0.3) is 5.69 Å². The van der Waals surface area contributed by atoms with E-state index in [2.05, 4.69) is 15.2 Å². The molecule has 1 aromatic heterocycles. The number of hydrogen-bond donors (Lipinski definition) is 0. The molecule has 0 spiro atoms. The number of nitro groups is 1. The molecule has 0 amide bonds. The second-order valence-corrected chi connectivity index (χ2v) is 5.35. The summed E-state index contributed by atoms with van der Waals surface area (Å²) in [6.07, 6.45) is 5.37. The molecule has 1 saturated heterocycles. The maximum Gasteiger partial charge on any atom is 0.292 e. The molecule has 0 bridgehead atoms. The van der Waals surface area contributed by atoms with Crippen molar-refractivity contribution in [2.75, 3.05) is 18.0 Å². The summed E-state index contributed by atoms with van der Waals surface area (Å²) in [6, 6.07) is 5.74. The lowest BCUT2D eigenvalue weighted by Crippen LogP contribution is -2.35. The molecule has 0 unspecified atom stereocenters. The summed E-state index contributed by atoms with van der Waals surface area (Å²) in [5.74, 6) is 0. The van der Waals surface area contributed by atoms with Crippen LogP contribution < -0.4 is 4.90 Å². The number of aromatic nitrogens is 3. The fourth-order valence-corrected chi connectivity index (χ4v) is 2.83. The van der Waals surface area contributed by atoms with Crippen molar-refractivity contribution < 1.29 is 4.92 Å². The van der Waals surface area contributed by atoms with E-state index in [0.29, 0.717) is 11.7 Å². The van der Waals surface area contributed by atoms with Gasteiger partial charge < -0.3 is 4.90 Å². The molecule has 7 nitrogen and oxygen atoms in total. The number of anilines is 1. The molecule has 2 heterocycles. The van der Waals surface area contributed by atoms with E-state index in [4.69, 9.17) is 0 Å². The highest BCUT2D eigenvalue weighted by Crippen LogP contribution is 2.33. The Morgan fingerprint density at radius 1 is 1.33 bits per heavy atom. The molecule has 0 saturated carbocycles. The smallest absolute Gasteiger partial charge is 0.292 e. The lowest BCUT2D eigenvalue weighted by atomic mass is 10.0. The summed E-state index contributed by atoms with van der Waals surface area (Å²) in [5.41, 5.74) is 1.81. The number of nitro benzene ring substituents is 1. The van der Waals surface area contributed by atoms with Gasteiger partial charge in [-0.05, 0) is 31.4 Å². The molecule has 0 N–H and O–H groups in total. The zero-order valence-electron chi connectivity index (χ0n) is 11.8. The molecule has 0 aliphatic carbocycles. The third kappa shape index (κ3) is 2.72. The van der Waals surface area contributed by atoms with Crippen LogP contribution in [-0.2, 0) is 0 Å². The van der Waals surface area contributed by atoms with Crippen LogP contribution in [0, 0.1) is 17.0 Å². The van der Waals surface area contributed by atoms with Crippen LogP contribution in [0.4, 0.5) is 11.4 Å². The van der Waals surface area contributed by atoms with E-state index in [1.807, 2.05) is 29.9 Å². The highest BCUT2D eigenvalue weighted by Gasteiger charge is 2.25. The number of rotatable bonds is 3. The van der Waals surface area contributed by atoms with Crippen LogP contribution in [0.1, 0.15) is 24.4 Å². The van der Waals surface area contributed by atoms with Crippen molar-refractivity contribution in [1.29, 1.82) is 0 Å². The average molecular weight is 287 g/mol. The third-order valence-corrected chi connectivity index (χ3v) is 3.95. The van der Waals surface area contributed by atoms with E-state index in [-0.39, 0.29) is 10.6 Å². The first-order chi connectivity index (χ1) is 10.1. The number of nitrogens with zero attached hydrogens (tertiary/aromatic N) is 5. The molecule has 21 heavy (non-hydrogen) atoms. The van der Waals surface area contributed by atoms with Crippen molar-refractivity contribution in [2.24, 2.45) is 0 Å². The van der Waals surface area contributed by atoms with Crippen molar-refractivity contribution in [3.05, 3.63) is 46.3 Å². The molecule has 1 aromatic carbocycles. The molecule has 1 fully saturated rings. The lowest BCUT2D eigenvalue weighted by Gasteiger charge is -2.33. The minimum absolute atomic E-state index is 0.189. The Morgan fingerprint density at radius 3 is 2.71 bits per heavy atom. The Balaban J connectivity index is 1.76. The summed E-state index contributed by atoms with van der Waals surface area (Å²) in [5, 5.41) is 19.1. The van der Waals surface area contributed by atoms with Crippen molar-refractivity contribution in [1.82, 2.24) is 15.0 Å². The first kappa shape index (κ1) is 13.5. The summed E-state index contributed by atoms with van der Waals surface area (Å²) < 4.78 is 1.88. The number of piperidine rings is 1. The fourth-order valence-electron chi connectivity index (χ4n) is 2.83. The summed E-state index contributed by atoms with van der Waals surface area (Å²) in [4.78, 5) is 13.0. The topological polar surface area (TPSA) is 77.1 Å². The number of aryl methyl sites for hydroxylation is 1. The Bertz CT molecular complexity index is 633. The number of hydrogen-bond acceptors (Lipinski definition) is 5. The Hall–Kier alpha value is -2.44. The molecule has 1 aliphatic rings. The molecular weight excluding hydrogens is 270 g/mol. The zero-order chi connectivity index (χ0) is 14.8. The van der Waals surface area contributed by atoms with Crippen LogP contribution in [0.25, 0.3) is 0 Å². The molecule has 110 valence electrons. The van der Waals surface area contributed by atoms with Gasteiger partial charge in [-0.1, -0.05) is 11.3 Å². The van der Waals surface area contributed by atoms with E-state index in [0.717, 1.165) is 31.5 Å². The van der Waals surface area contributed by atoms with Crippen molar-refractivity contribution >= 4 is 11.4 Å². The van der Waals surface area contributed by atoms with E-state index in [1.165, 1.54) is 0 Å². The van der Waals surface area contributed by atoms with Gasteiger partial charge in [0.1, 0.15) is 5.69 Å². The summed E-state index contributed by atoms with van der Waals surface area (Å²) >= 11 is 0. The monoisotopic (exact) mass is 287 g/mol. The minimum atomic E-state index is -0.300. The molecule has 0 radical (unpaired) electrons. The van der Waals surface area contributed by atoms with Crippen LogP contribution in [0.5, 0.6) is 0 Å². The first-order valence-corrected chi connectivity index (χ1v) is 7.01. The quantitative estimate of drug-likeness (QED) is 0.639. The molecule has 7 heteroatoms. The zero-order valence-corrected chi connectivity index (χ0v) is 11.8. The van der Waals surface area contributed by atoms with Gasteiger partial charge >= 0.3 is 0 Å². The van der Waals surface area contributed by atoms with Gasteiger partial charge in [0.05, 0.1) is 17.2 Å². The van der Waals surface area contributed by atoms with Crippen LogP contribution >= 0.6 is 0 Å². The van der Waals surface area contributed by atoms with Gasteiger partial charge in [0, 0.05) is 25.4 Å². The standard InChI is InChI=1S/C14H17N5O2/c1-11-2-3-13(14(10-11)19(20)21)17-7-4-12(5-8-17)18-9-6-15-16-18/h2-3,6,9-10,12H,4-5,7-8H2,1H3. The third-order valence-electron chi connectivity index (χ3n) is 3.95. The second kappa shape index (κ2) is 5.51.